The van der Waals surface area contributed by atoms with Gasteiger partial charge < -0.3 is 9.67 Å². The Hall–Kier alpha value is -3.09. The van der Waals surface area contributed by atoms with Crippen LogP contribution in [-0.4, -0.2) is 35.0 Å². The summed E-state index contributed by atoms with van der Waals surface area (Å²) in [6.07, 6.45) is 3.59. The Bertz CT molecular complexity index is 1410. The molecule has 2 unspecified atom stereocenters. The first-order valence-corrected chi connectivity index (χ1v) is 12.7. The maximum atomic E-state index is 13.7. The molecule has 6 heteroatoms. The Balaban J connectivity index is 1.68. The van der Waals surface area contributed by atoms with Gasteiger partial charge in [-0.1, -0.05) is 54.1 Å². The predicted molar refractivity (Wildman–Crippen MR) is 131 cm³/mol. The van der Waals surface area contributed by atoms with E-state index in [1.165, 1.54) is 0 Å². The van der Waals surface area contributed by atoms with E-state index in [1.807, 2.05) is 50.4 Å². The fraction of sp³-hybridized carbons (Fsp3) is 0.259. The van der Waals surface area contributed by atoms with E-state index in [4.69, 9.17) is 0 Å². The van der Waals surface area contributed by atoms with Crippen LogP contribution in [0.1, 0.15) is 35.4 Å². The molecule has 5 nitrogen and oxygen atoms in total. The van der Waals surface area contributed by atoms with Gasteiger partial charge in [-0.2, -0.15) is 4.31 Å². The van der Waals surface area contributed by atoms with Crippen LogP contribution in [0, 0.1) is 6.92 Å². The molecule has 0 spiro atoms. The smallest absolute Gasteiger partial charge is 0.243 e. The minimum atomic E-state index is -3.68. The number of aromatic hydroxyl groups is 1. The van der Waals surface area contributed by atoms with Gasteiger partial charge >= 0.3 is 0 Å². The number of hydrogen-bond donors (Lipinski definition) is 1. The molecule has 1 N–H and O–H groups in total. The highest BCUT2D eigenvalue weighted by molar-refractivity contribution is 7.89. The summed E-state index contributed by atoms with van der Waals surface area (Å²) >= 11 is 0. The monoisotopic (exact) mass is 460 g/mol. The first-order valence-electron chi connectivity index (χ1n) is 11.3. The summed E-state index contributed by atoms with van der Waals surface area (Å²) in [5, 5.41) is 11.9. The summed E-state index contributed by atoms with van der Waals surface area (Å²) in [4.78, 5) is 0.314. The van der Waals surface area contributed by atoms with E-state index in [9.17, 15) is 13.5 Å². The summed E-state index contributed by atoms with van der Waals surface area (Å²) in [6, 6.07) is 22.2. The third kappa shape index (κ3) is 3.73. The standard InChI is InChI=1S/C27H28N2O3S/c1-19-13-15-20(16-14-19)33(31,32)29-17-7-11-25(29)27(22-9-4-6-12-26(22)30)23-18-28(2)24-10-5-3-8-21(23)24/h3-6,8-10,12-16,18,25,27,30H,7,11,17H2,1-2H3. The highest BCUT2D eigenvalue weighted by atomic mass is 32.2. The number of sulfonamides is 1. The van der Waals surface area contributed by atoms with Crippen molar-refractivity contribution < 1.29 is 13.5 Å². The molecule has 1 aliphatic rings. The Morgan fingerprint density at radius 1 is 0.939 bits per heavy atom. The molecule has 3 aromatic carbocycles. The van der Waals surface area contributed by atoms with Crippen LogP contribution in [0.25, 0.3) is 10.9 Å². The molecule has 2 heterocycles. The van der Waals surface area contributed by atoms with E-state index in [1.54, 1.807) is 28.6 Å². The molecule has 1 aromatic heterocycles. The van der Waals surface area contributed by atoms with E-state index in [0.717, 1.165) is 40.4 Å². The molecule has 0 bridgehead atoms. The van der Waals surface area contributed by atoms with Crippen molar-refractivity contribution in [2.24, 2.45) is 7.05 Å². The van der Waals surface area contributed by atoms with Gasteiger partial charge in [-0.3, -0.25) is 0 Å². The van der Waals surface area contributed by atoms with Crippen molar-refractivity contribution in [3.63, 3.8) is 0 Å². The van der Waals surface area contributed by atoms with Gasteiger partial charge in [0.25, 0.3) is 0 Å². The maximum Gasteiger partial charge on any atom is 0.243 e. The lowest BCUT2D eigenvalue weighted by Crippen LogP contribution is -2.39. The van der Waals surface area contributed by atoms with Crippen molar-refractivity contribution in [1.82, 2.24) is 8.87 Å². The lowest BCUT2D eigenvalue weighted by molar-refractivity contribution is 0.354. The molecule has 5 rings (SSSR count). The fourth-order valence-corrected chi connectivity index (χ4v) is 6.90. The van der Waals surface area contributed by atoms with Crippen LogP contribution in [0.2, 0.25) is 0 Å². The average Bonchev–Trinajstić information content (AvgIpc) is 3.42. The fourth-order valence-electron chi connectivity index (χ4n) is 5.20. The second-order valence-electron chi connectivity index (χ2n) is 8.89. The van der Waals surface area contributed by atoms with Crippen LogP contribution in [0.3, 0.4) is 0 Å². The molecule has 170 valence electrons. The third-order valence-electron chi connectivity index (χ3n) is 6.80. The third-order valence-corrected chi connectivity index (χ3v) is 8.73. The number of rotatable bonds is 5. The number of benzene rings is 3. The number of hydrogen-bond acceptors (Lipinski definition) is 3. The first kappa shape index (κ1) is 21.7. The minimum absolute atomic E-state index is 0.190. The SMILES string of the molecule is Cc1ccc(S(=O)(=O)N2CCCC2C(c2ccccc2O)c2cn(C)c3ccccc23)cc1. The second-order valence-corrected chi connectivity index (χ2v) is 10.8. The van der Waals surface area contributed by atoms with Crippen LogP contribution in [0.15, 0.2) is 83.9 Å². The number of nitrogens with zero attached hydrogens (tertiary/aromatic N) is 2. The predicted octanol–water partition coefficient (Wildman–Crippen LogP) is 5.18. The van der Waals surface area contributed by atoms with Gasteiger partial charge in [0.15, 0.2) is 0 Å². The Labute approximate surface area is 195 Å². The van der Waals surface area contributed by atoms with E-state index in [2.05, 4.69) is 22.9 Å². The number of phenols is 1. The molecule has 0 aliphatic carbocycles. The van der Waals surface area contributed by atoms with E-state index in [-0.39, 0.29) is 17.7 Å². The lowest BCUT2D eigenvalue weighted by atomic mass is 9.83. The molecule has 1 aliphatic heterocycles. The summed E-state index contributed by atoms with van der Waals surface area (Å²) in [5.41, 5.74) is 3.89. The van der Waals surface area contributed by atoms with E-state index in [0.29, 0.717) is 11.4 Å². The Morgan fingerprint density at radius 2 is 1.64 bits per heavy atom. The molecule has 1 saturated heterocycles. The molecule has 1 fully saturated rings. The van der Waals surface area contributed by atoms with Crippen molar-refractivity contribution in [2.45, 2.75) is 36.6 Å². The molecule has 33 heavy (non-hydrogen) atoms. The first-order chi connectivity index (χ1) is 15.9. The van der Waals surface area contributed by atoms with Gasteiger partial charge in [-0.05, 0) is 49.6 Å². The molecule has 0 radical (unpaired) electrons. The summed E-state index contributed by atoms with van der Waals surface area (Å²) in [5.74, 6) is -0.102. The summed E-state index contributed by atoms with van der Waals surface area (Å²) in [6.45, 7) is 2.42. The summed E-state index contributed by atoms with van der Waals surface area (Å²) < 4.78 is 31.2. The van der Waals surface area contributed by atoms with Crippen molar-refractivity contribution in [2.75, 3.05) is 6.54 Å². The molecule has 0 amide bonds. The molecule has 2 atom stereocenters. The minimum Gasteiger partial charge on any atom is -0.508 e. The number of phenolic OH excluding ortho intramolecular Hbond substituents is 1. The van der Waals surface area contributed by atoms with Crippen LogP contribution in [0.4, 0.5) is 0 Å². The van der Waals surface area contributed by atoms with Crippen LogP contribution in [-0.2, 0) is 17.1 Å². The largest absolute Gasteiger partial charge is 0.508 e. The van der Waals surface area contributed by atoms with Crippen molar-refractivity contribution in [3.8, 4) is 5.75 Å². The zero-order valence-corrected chi connectivity index (χ0v) is 19.7. The maximum absolute atomic E-state index is 13.7. The van der Waals surface area contributed by atoms with Crippen LogP contribution in [0.5, 0.6) is 5.75 Å². The molecule has 0 saturated carbocycles. The Kier molecular flexibility index (Phi) is 5.51. The van der Waals surface area contributed by atoms with E-state index < -0.39 is 10.0 Å². The number of aromatic nitrogens is 1. The van der Waals surface area contributed by atoms with Gasteiger partial charge in [0, 0.05) is 48.2 Å². The molecular weight excluding hydrogens is 432 g/mol. The lowest BCUT2D eigenvalue weighted by Gasteiger charge is -2.32. The van der Waals surface area contributed by atoms with Crippen molar-refractivity contribution in [3.05, 3.63) is 95.7 Å². The highest BCUT2D eigenvalue weighted by Crippen LogP contribution is 2.44. The average molecular weight is 461 g/mol. The molecular formula is C27H28N2O3S. The number of para-hydroxylation sites is 2. The number of fused-ring (bicyclic) bond motifs is 1. The second kappa shape index (κ2) is 8.36. The topological polar surface area (TPSA) is 62.5 Å². The zero-order valence-electron chi connectivity index (χ0n) is 18.8. The van der Waals surface area contributed by atoms with E-state index >= 15 is 0 Å². The van der Waals surface area contributed by atoms with Gasteiger partial charge in [0.2, 0.25) is 10.0 Å². The quantitative estimate of drug-likeness (QED) is 0.447. The van der Waals surface area contributed by atoms with Gasteiger partial charge in [0.05, 0.1) is 4.90 Å². The summed E-state index contributed by atoms with van der Waals surface area (Å²) in [7, 11) is -1.68. The normalized spacial score (nSPS) is 18.1. The van der Waals surface area contributed by atoms with Gasteiger partial charge in [-0.15, -0.1) is 0 Å². The number of aryl methyl sites for hydroxylation is 2. The Morgan fingerprint density at radius 3 is 2.39 bits per heavy atom. The van der Waals surface area contributed by atoms with Crippen molar-refractivity contribution in [1.29, 1.82) is 0 Å². The highest BCUT2D eigenvalue weighted by Gasteiger charge is 2.42. The van der Waals surface area contributed by atoms with Gasteiger partial charge in [0.1, 0.15) is 5.75 Å². The van der Waals surface area contributed by atoms with Crippen molar-refractivity contribution >= 4 is 20.9 Å². The molecule has 4 aromatic rings. The van der Waals surface area contributed by atoms with Crippen LogP contribution < -0.4 is 0 Å². The van der Waals surface area contributed by atoms with Crippen LogP contribution >= 0.6 is 0 Å². The zero-order chi connectivity index (χ0) is 23.2. The van der Waals surface area contributed by atoms with Gasteiger partial charge in [-0.25, -0.2) is 8.42 Å².